The van der Waals surface area contributed by atoms with Crippen LogP contribution in [0.5, 0.6) is 0 Å². The lowest BCUT2D eigenvalue weighted by Gasteiger charge is -2.30. The Hall–Kier alpha value is -2.17. The lowest BCUT2D eigenvalue weighted by atomic mass is 10.1. The van der Waals surface area contributed by atoms with E-state index in [9.17, 15) is 5.11 Å². The van der Waals surface area contributed by atoms with Gasteiger partial charge in [-0.25, -0.2) is 4.98 Å². The summed E-state index contributed by atoms with van der Waals surface area (Å²) in [6.07, 6.45) is 6.57. The molecule has 0 bridgehead atoms. The van der Waals surface area contributed by atoms with Crippen molar-refractivity contribution in [3.63, 3.8) is 0 Å². The maximum atomic E-state index is 9.94. The van der Waals surface area contributed by atoms with Gasteiger partial charge in [-0.05, 0) is 36.5 Å². The van der Waals surface area contributed by atoms with Crippen molar-refractivity contribution in [2.45, 2.75) is 32.0 Å². The summed E-state index contributed by atoms with van der Waals surface area (Å²) in [4.78, 5) is 7.11. The lowest BCUT2D eigenvalue weighted by Crippen LogP contribution is -2.38. The highest BCUT2D eigenvalue weighted by molar-refractivity contribution is 5.39. The number of fused-ring (bicyclic) bond motifs is 1. The number of nitrogens with zero attached hydrogens (tertiary/aromatic N) is 3. The summed E-state index contributed by atoms with van der Waals surface area (Å²) in [5.74, 6) is 0.621. The molecule has 0 saturated heterocycles. The van der Waals surface area contributed by atoms with Crippen LogP contribution in [0, 0.1) is 5.92 Å². The molecule has 0 radical (unpaired) electrons. The van der Waals surface area contributed by atoms with Gasteiger partial charge in [0.1, 0.15) is 5.65 Å². The van der Waals surface area contributed by atoms with Gasteiger partial charge in [0.05, 0.1) is 12.3 Å². The fraction of sp³-hybridized carbons (Fsp3) is 0.350. The summed E-state index contributed by atoms with van der Waals surface area (Å²) in [5, 5.41) is 9.94. The minimum absolute atomic E-state index is 0.213. The number of rotatable bonds is 7. The van der Waals surface area contributed by atoms with Crippen molar-refractivity contribution in [3.05, 3.63) is 72.2 Å². The third-order valence-corrected chi connectivity index (χ3v) is 4.83. The van der Waals surface area contributed by atoms with E-state index in [-0.39, 0.29) is 12.6 Å². The van der Waals surface area contributed by atoms with E-state index < -0.39 is 0 Å². The van der Waals surface area contributed by atoms with Gasteiger partial charge in [-0.3, -0.25) is 4.90 Å². The van der Waals surface area contributed by atoms with E-state index in [4.69, 9.17) is 4.98 Å². The van der Waals surface area contributed by atoms with Gasteiger partial charge in [-0.15, -0.1) is 0 Å². The Balaban J connectivity index is 1.58. The van der Waals surface area contributed by atoms with Crippen LogP contribution in [0.25, 0.3) is 5.65 Å². The number of aliphatic hydroxyl groups is 1. The summed E-state index contributed by atoms with van der Waals surface area (Å²) >= 11 is 0. The Morgan fingerprint density at radius 2 is 1.88 bits per heavy atom. The van der Waals surface area contributed by atoms with E-state index >= 15 is 0 Å². The molecule has 3 aromatic rings. The first-order chi connectivity index (χ1) is 11.8. The number of benzene rings is 1. The quantitative estimate of drug-likeness (QED) is 0.727. The van der Waals surface area contributed by atoms with Crippen molar-refractivity contribution in [3.8, 4) is 0 Å². The number of aromatic nitrogens is 2. The van der Waals surface area contributed by atoms with E-state index in [2.05, 4.69) is 39.8 Å². The highest BCUT2D eigenvalue weighted by atomic mass is 16.3. The molecule has 1 aromatic carbocycles. The third kappa shape index (κ3) is 3.35. The van der Waals surface area contributed by atoms with Crippen molar-refractivity contribution in [1.82, 2.24) is 14.3 Å². The van der Waals surface area contributed by atoms with Crippen LogP contribution < -0.4 is 0 Å². The molecule has 4 nitrogen and oxygen atoms in total. The minimum Gasteiger partial charge on any atom is -0.395 e. The molecule has 124 valence electrons. The number of aliphatic hydroxyl groups excluding tert-OH is 1. The van der Waals surface area contributed by atoms with E-state index in [1.807, 2.05) is 30.5 Å². The average molecular weight is 321 g/mol. The molecular formula is C20H23N3O. The van der Waals surface area contributed by atoms with E-state index in [0.29, 0.717) is 5.92 Å². The molecule has 0 amide bonds. The molecule has 1 atom stereocenters. The first-order valence-electron chi connectivity index (χ1n) is 8.65. The Morgan fingerprint density at radius 3 is 2.58 bits per heavy atom. The van der Waals surface area contributed by atoms with Crippen molar-refractivity contribution < 1.29 is 5.11 Å². The van der Waals surface area contributed by atoms with Crippen molar-refractivity contribution in [2.24, 2.45) is 5.92 Å². The zero-order chi connectivity index (χ0) is 16.4. The molecule has 24 heavy (non-hydrogen) atoms. The number of hydrogen-bond acceptors (Lipinski definition) is 3. The normalized spacial score (nSPS) is 15.9. The van der Waals surface area contributed by atoms with Crippen molar-refractivity contribution in [2.75, 3.05) is 6.61 Å². The maximum absolute atomic E-state index is 9.94. The summed E-state index contributed by atoms with van der Waals surface area (Å²) in [6.45, 7) is 1.82. The van der Waals surface area contributed by atoms with Gasteiger partial charge in [-0.1, -0.05) is 36.4 Å². The second-order valence-electron chi connectivity index (χ2n) is 6.68. The average Bonchev–Trinajstić information content (AvgIpc) is 3.35. The van der Waals surface area contributed by atoms with Crippen LogP contribution in [0.15, 0.2) is 60.9 Å². The number of imidazole rings is 1. The van der Waals surface area contributed by atoms with Gasteiger partial charge < -0.3 is 9.51 Å². The van der Waals surface area contributed by atoms with Gasteiger partial charge in [0.2, 0.25) is 0 Å². The first kappa shape index (κ1) is 15.4. The van der Waals surface area contributed by atoms with Gasteiger partial charge >= 0.3 is 0 Å². The SMILES string of the molecule is OCC(C1CC1)N(Cc1ccccc1)Cc1cn2ccccc2n1. The summed E-state index contributed by atoms with van der Waals surface area (Å²) in [7, 11) is 0. The topological polar surface area (TPSA) is 40.8 Å². The molecule has 1 aliphatic carbocycles. The van der Waals surface area contributed by atoms with Crippen molar-refractivity contribution in [1.29, 1.82) is 0 Å². The van der Waals surface area contributed by atoms with Gasteiger partial charge in [-0.2, -0.15) is 0 Å². The third-order valence-electron chi connectivity index (χ3n) is 4.83. The Labute approximate surface area is 142 Å². The van der Waals surface area contributed by atoms with Crippen molar-refractivity contribution >= 4 is 5.65 Å². The molecule has 0 aliphatic heterocycles. The molecule has 1 saturated carbocycles. The predicted octanol–water partition coefficient (Wildman–Crippen LogP) is 3.11. The van der Waals surface area contributed by atoms with Gasteiger partial charge in [0, 0.05) is 31.5 Å². The number of pyridine rings is 1. The molecular weight excluding hydrogens is 298 g/mol. The monoisotopic (exact) mass is 321 g/mol. The van der Waals surface area contributed by atoms with Crippen LogP contribution in [-0.4, -0.2) is 32.0 Å². The molecule has 2 aromatic heterocycles. The zero-order valence-electron chi connectivity index (χ0n) is 13.8. The highest BCUT2D eigenvalue weighted by Gasteiger charge is 2.35. The van der Waals surface area contributed by atoms with Crippen LogP contribution in [0.3, 0.4) is 0 Å². The minimum atomic E-state index is 0.213. The van der Waals surface area contributed by atoms with Crippen LogP contribution in [0.2, 0.25) is 0 Å². The van der Waals surface area contributed by atoms with Crippen LogP contribution >= 0.6 is 0 Å². The Kier molecular flexibility index (Phi) is 4.32. The van der Waals surface area contributed by atoms with E-state index in [1.54, 1.807) is 0 Å². The fourth-order valence-electron chi connectivity index (χ4n) is 3.42. The van der Waals surface area contributed by atoms with Gasteiger partial charge in [0.15, 0.2) is 0 Å². The zero-order valence-corrected chi connectivity index (χ0v) is 13.8. The molecule has 1 fully saturated rings. The smallest absolute Gasteiger partial charge is 0.137 e. The Morgan fingerprint density at radius 1 is 1.08 bits per heavy atom. The largest absolute Gasteiger partial charge is 0.395 e. The highest BCUT2D eigenvalue weighted by Crippen LogP contribution is 2.36. The fourth-order valence-corrected chi connectivity index (χ4v) is 3.42. The van der Waals surface area contributed by atoms with E-state index in [1.165, 1.54) is 18.4 Å². The first-order valence-corrected chi connectivity index (χ1v) is 8.65. The number of hydrogen-bond donors (Lipinski definition) is 1. The second-order valence-corrected chi connectivity index (χ2v) is 6.68. The molecule has 1 N–H and O–H groups in total. The van der Waals surface area contributed by atoms with E-state index in [0.717, 1.165) is 24.4 Å². The molecule has 4 rings (SSSR count). The standard InChI is InChI=1S/C20H23N3O/c24-15-19(17-9-10-17)23(12-16-6-2-1-3-7-16)14-18-13-22-11-5-4-8-20(22)21-18/h1-8,11,13,17,19,24H,9-10,12,14-15H2. The summed E-state index contributed by atoms with van der Waals surface area (Å²) < 4.78 is 2.06. The van der Waals surface area contributed by atoms with Crippen LogP contribution in [0.1, 0.15) is 24.1 Å². The summed E-state index contributed by atoms with van der Waals surface area (Å²) in [6, 6.07) is 16.8. The second kappa shape index (κ2) is 6.75. The van der Waals surface area contributed by atoms with Crippen LogP contribution in [0.4, 0.5) is 0 Å². The molecule has 1 aliphatic rings. The lowest BCUT2D eigenvalue weighted by molar-refractivity contribution is 0.0935. The molecule has 0 spiro atoms. The van der Waals surface area contributed by atoms with Gasteiger partial charge in [0.25, 0.3) is 0 Å². The molecule has 4 heteroatoms. The predicted molar refractivity (Wildman–Crippen MR) is 94.5 cm³/mol. The maximum Gasteiger partial charge on any atom is 0.137 e. The molecule has 1 unspecified atom stereocenters. The van der Waals surface area contributed by atoms with Crippen LogP contribution in [-0.2, 0) is 13.1 Å². The molecule has 2 heterocycles. The summed E-state index contributed by atoms with van der Waals surface area (Å²) in [5.41, 5.74) is 3.30. The Bertz CT molecular complexity index is 762.